The number of carbonyl (C=O) groups excluding carboxylic acids is 1. The smallest absolute Gasteiger partial charge is 0.226 e. The van der Waals surface area contributed by atoms with E-state index in [2.05, 4.69) is 0 Å². The molecule has 18 heavy (non-hydrogen) atoms. The molecule has 0 spiro atoms. The largest absolute Gasteiger partial charge is 0.508 e. The first kappa shape index (κ1) is 12.9. The van der Waals surface area contributed by atoms with Crippen LogP contribution in [-0.2, 0) is 4.79 Å². The molecule has 3 heteroatoms. The van der Waals surface area contributed by atoms with E-state index in [-0.39, 0.29) is 11.7 Å². The third-order valence-electron chi connectivity index (χ3n) is 3.78. The molecule has 1 aromatic rings. The summed E-state index contributed by atoms with van der Waals surface area (Å²) in [6.45, 7) is 0. The van der Waals surface area contributed by atoms with Gasteiger partial charge in [0.2, 0.25) is 5.91 Å². The van der Waals surface area contributed by atoms with Gasteiger partial charge in [0.15, 0.2) is 0 Å². The molecule has 0 unspecified atom stereocenters. The first-order chi connectivity index (χ1) is 8.66. The summed E-state index contributed by atoms with van der Waals surface area (Å²) in [7, 11) is 1.78. The molecule has 1 aromatic carbocycles. The first-order valence-corrected chi connectivity index (χ1v) is 6.72. The van der Waals surface area contributed by atoms with Crippen molar-refractivity contribution in [1.82, 2.24) is 0 Å². The maximum atomic E-state index is 12.2. The van der Waals surface area contributed by atoms with Crippen molar-refractivity contribution in [3.63, 3.8) is 0 Å². The number of hydrogen-bond acceptors (Lipinski definition) is 2. The molecule has 0 aliphatic heterocycles. The summed E-state index contributed by atoms with van der Waals surface area (Å²) in [5.41, 5.74) is 0.760. The van der Waals surface area contributed by atoms with Gasteiger partial charge in [-0.2, -0.15) is 0 Å². The zero-order valence-corrected chi connectivity index (χ0v) is 10.9. The molecule has 0 atom stereocenters. The number of amides is 1. The van der Waals surface area contributed by atoms with E-state index in [1.165, 1.54) is 32.1 Å². The Morgan fingerprint density at radius 3 is 2.72 bits per heavy atom. The number of benzene rings is 1. The Morgan fingerprint density at radius 2 is 2.06 bits per heavy atom. The van der Waals surface area contributed by atoms with Gasteiger partial charge in [0, 0.05) is 25.2 Å². The van der Waals surface area contributed by atoms with E-state index in [1.807, 2.05) is 6.07 Å². The number of rotatable bonds is 3. The van der Waals surface area contributed by atoms with Crippen molar-refractivity contribution in [3.05, 3.63) is 24.3 Å². The molecule has 0 saturated heterocycles. The van der Waals surface area contributed by atoms with E-state index in [0.717, 1.165) is 5.69 Å². The lowest BCUT2D eigenvalue weighted by atomic mass is 9.86. The number of phenolic OH excluding ortho intramolecular Hbond substituents is 1. The summed E-state index contributed by atoms with van der Waals surface area (Å²) in [5, 5.41) is 9.43. The van der Waals surface area contributed by atoms with E-state index in [4.69, 9.17) is 0 Å². The van der Waals surface area contributed by atoms with Gasteiger partial charge in [-0.1, -0.05) is 25.3 Å². The maximum absolute atomic E-state index is 12.2. The van der Waals surface area contributed by atoms with Gasteiger partial charge in [0.25, 0.3) is 0 Å². The lowest BCUT2D eigenvalue weighted by Gasteiger charge is -2.24. The van der Waals surface area contributed by atoms with Crippen molar-refractivity contribution in [2.45, 2.75) is 38.5 Å². The summed E-state index contributed by atoms with van der Waals surface area (Å²) in [5.74, 6) is 0.892. The Balaban J connectivity index is 1.95. The fourth-order valence-electron chi connectivity index (χ4n) is 2.62. The molecule has 0 bridgehead atoms. The second kappa shape index (κ2) is 5.89. The van der Waals surface area contributed by atoms with Crippen LogP contribution in [0, 0.1) is 5.92 Å². The summed E-state index contributed by atoms with van der Waals surface area (Å²) >= 11 is 0. The molecule has 1 fully saturated rings. The normalized spacial score (nSPS) is 16.5. The van der Waals surface area contributed by atoms with Gasteiger partial charge in [0.1, 0.15) is 5.75 Å². The van der Waals surface area contributed by atoms with Gasteiger partial charge in [-0.3, -0.25) is 4.79 Å². The van der Waals surface area contributed by atoms with Crippen molar-refractivity contribution in [1.29, 1.82) is 0 Å². The molecule has 1 aliphatic rings. The van der Waals surface area contributed by atoms with Crippen LogP contribution in [0.1, 0.15) is 38.5 Å². The van der Waals surface area contributed by atoms with Gasteiger partial charge in [-0.05, 0) is 30.9 Å². The molecule has 0 aromatic heterocycles. The molecule has 2 rings (SSSR count). The predicted molar refractivity (Wildman–Crippen MR) is 72.7 cm³/mol. The van der Waals surface area contributed by atoms with Crippen molar-refractivity contribution < 1.29 is 9.90 Å². The molecular formula is C15H21NO2. The van der Waals surface area contributed by atoms with E-state index in [0.29, 0.717) is 12.3 Å². The van der Waals surface area contributed by atoms with Crippen molar-refractivity contribution >= 4 is 11.6 Å². The lowest BCUT2D eigenvalue weighted by Crippen LogP contribution is -2.28. The highest BCUT2D eigenvalue weighted by Gasteiger charge is 2.20. The van der Waals surface area contributed by atoms with Crippen LogP contribution in [0.5, 0.6) is 5.75 Å². The van der Waals surface area contributed by atoms with Crippen LogP contribution in [0.4, 0.5) is 5.69 Å². The van der Waals surface area contributed by atoms with Gasteiger partial charge in [0.05, 0.1) is 0 Å². The SMILES string of the molecule is CN(C(=O)CC1CCCCC1)c1cccc(O)c1. The fourth-order valence-corrected chi connectivity index (χ4v) is 2.62. The van der Waals surface area contributed by atoms with Crippen molar-refractivity contribution in [2.75, 3.05) is 11.9 Å². The summed E-state index contributed by atoms with van der Waals surface area (Å²) in [4.78, 5) is 13.8. The van der Waals surface area contributed by atoms with E-state index in [9.17, 15) is 9.90 Å². The Hall–Kier alpha value is -1.51. The van der Waals surface area contributed by atoms with Gasteiger partial charge < -0.3 is 10.0 Å². The van der Waals surface area contributed by atoms with Crippen LogP contribution in [0.25, 0.3) is 0 Å². The van der Waals surface area contributed by atoms with Crippen LogP contribution in [0.2, 0.25) is 0 Å². The zero-order valence-electron chi connectivity index (χ0n) is 10.9. The highest BCUT2D eigenvalue weighted by atomic mass is 16.3. The molecule has 0 radical (unpaired) electrons. The molecule has 1 aliphatic carbocycles. The molecule has 98 valence electrons. The van der Waals surface area contributed by atoms with Crippen LogP contribution < -0.4 is 4.90 Å². The highest BCUT2D eigenvalue weighted by molar-refractivity contribution is 5.93. The van der Waals surface area contributed by atoms with Crippen LogP contribution in [0.3, 0.4) is 0 Å². The fraction of sp³-hybridized carbons (Fsp3) is 0.533. The lowest BCUT2D eigenvalue weighted by molar-refractivity contribution is -0.119. The summed E-state index contributed by atoms with van der Waals surface area (Å²) < 4.78 is 0. The predicted octanol–water partition coefficient (Wildman–Crippen LogP) is 3.33. The van der Waals surface area contributed by atoms with E-state index < -0.39 is 0 Å². The maximum Gasteiger partial charge on any atom is 0.226 e. The van der Waals surface area contributed by atoms with Crippen LogP contribution in [-0.4, -0.2) is 18.1 Å². The highest BCUT2D eigenvalue weighted by Crippen LogP contribution is 2.28. The minimum atomic E-state index is 0.146. The standard InChI is InChI=1S/C15H21NO2/c1-16(13-8-5-9-14(17)11-13)15(18)10-12-6-3-2-4-7-12/h5,8-9,11-12,17H,2-4,6-7,10H2,1H3. The number of phenols is 1. The second-order valence-electron chi connectivity index (χ2n) is 5.18. The second-order valence-corrected chi connectivity index (χ2v) is 5.18. The third kappa shape index (κ3) is 3.25. The number of hydrogen-bond donors (Lipinski definition) is 1. The number of aromatic hydroxyl groups is 1. The number of anilines is 1. The molecule has 0 heterocycles. The van der Waals surface area contributed by atoms with Crippen LogP contribution >= 0.6 is 0 Å². The Morgan fingerprint density at radius 1 is 1.33 bits per heavy atom. The average Bonchev–Trinajstić information content (AvgIpc) is 2.39. The topological polar surface area (TPSA) is 40.5 Å². The summed E-state index contributed by atoms with van der Waals surface area (Å²) in [6.07, 6.45) is 6.82. The van der Waals surface area contributed by atoms with Gasteiger partial charge >= 0.3 is 0 Å². The van der Waals surface area contributed by atoms with Crippen LogP contribution in [0.15, 0.2) is 24.3 Å². The molecule has 3 nitrogen and oxygen atoms in total. The van der Waals surface area contributed by atoms with E-state index in [1.54, 1.807) is 30.1 Å². The molecular weight excluding hydrogens is 226 g/mol. The van der Waals surface area contributed by atoms with Crippen molar-refractivity contribution in [3.8, 4) is 5.75 Å². The quantitative estimate of drug-likeness (QED) is 0.890. The van der Waals surface area contributed by atoms with Gasteiger partial charge in [-0.25, -0.2) is 0 Å². The minimum absolute atomic E-state index is 0.146. The zero-order chi connectivity index (χ0) is 13.0. The third-order valence-corrected chi connectivity index (χ3v) is 3.78. The minimum Gasteiger partial charge on any atom is -0.508 e. The summed E-state index contributed by atoms with van der Waals surface area (Å²) in [6, 6.07) is 6.84. The Kier molecular flexibility index (Phi) is 4.24. The van der Waals surface area contributed by atoms with Gasteiger partial charge in [-0.15, -0.1) is 0 Å². The molecule has 1 amide bonds. The molecule has 1 saturated carbocycles. The number of nitrogens with zero attached hydrogens (tertiary/aromatic N) is 1. The van der Waals surface area contributed by atoms with Crippen molar-refractivity contribution in [2.24, 2.45) is 5.92 Å². The first-order valence-electron chi connectivity index (χ1n) is 6.72. The Labute approximate surface area is 108 Å². The Bertz CT molecular complexity index is 411. The van der Waals surface area contributed by atoms with E-state index >= 15 is 0 Å². The molecule has 1 N–H and O–H groups in total. The average molecular weight is 247 g/mol. The number of carbonyl (C=O) groups is 1. The monoisotopic (exact) mass is 247 g/mol.